The first-order valence-electron chi connectivity index (χ1n) is 9.24. The summed E-state index contributed by atoms with van der Waals surface area (Å²) in [7, 11) is 0. The molecule has 1 rings (SSSR count). The molecule has 0 aliphatic heterocycles. The van der Waals surface area contributed by atoms with Gasteiger partial charge in [-0.05, 0) is 44.1 Å². The fourth-order valence-corrected chi connectivity index (χ4v) is 3.38. The molecule has 0 aromatic rings. The minimum atomic E-state index is -1.81. The van der Waals surface area contributed by atoms with Crippen LogP contribution >= 0.6 is 0 Å². The lowest BCUT2D eigenvalue weighted by molar-refractivity contribution is -0.160. The number of hydrogen-bond acceptors (Lipinski definition) is 7. The van der Waals surface area contributed by atoms with Gasteiger partial charge >= 0.3 is 17.9 Å². The summed E-state index contributed by atoms with van der Waals surface area (Å²) in [6, 6.07) is 0. The van der Waals surface area contributed by atoms with Gasteiger partial charge in [0.05, 0.1) is 18.4 Å². The topological polar surface area (TPSA) is 158 Å². The first kappa shape index (κ1) is 25.3. The van der Waals surface area contributed by atoms with Crippen LogP contribution in [0.1, 0.15) is 47.0 Å². The summed E-state index contributed by atoms with van der Waals surface area (Å²) in [5.74, 6) is -3.58. The zero-order valence-electron chi connectivity index (χ0n) is 17.5. The van der Waals surface area contributed by atoms with Crippen LogP contribution in [0.15, 0.2) is 35.5 Å². The highest BCUT2D eigenvalue weighted by Crippen LogP contribution is 2.45. The van der Waals surface area contributed by atoms with Crippen molar-refractivity contribution in [1.29, 1.82) is 0 Å². The molecule has 166 valence electrons. The van der Waals surface area contributed by atoms with Crippen LogP contribution in [0.5, 0.6) is 0 Å². The molecule has 9 heteroatoms. The van der Waals surface area contributed by atoms with Gasteiger partial charge in [0, 0.05) is 17.9 Å². The number of esters is 1. The van der Waals surface area contributed by atoms with Gasteiger partial charge in [-0.1, -0.05) is 13.0 Å². The van der Waals surface area contributed by atoms with E-state index < -0.39 is 47.4 Å². The van der Waals surface area contributed by atoms with Gasteiger partial charge in [-0.2, -0.15) is 0 Å². The third kappa shape index (κ3) is 6.64. The van der Waals surface area contributed by atoms with Crippen molar-refractivity contribution < 1.29 is 44.3 Å². The molecule has 0 saturated heterocycles. The molecular weight excluding hydrogens is 396 g/mol. The molecule has 0 bridgehead atoms. The third-order valence-corrected chi connectivity index (χ3v) is 5.01. The first-order chi connectivity index (χ1) is 13.6. The van der Waals surface area contributed by atoms with Gasteiger partial charge in [-0.25, -0.2) is 4.79 Å². The molecule has 0 amide bonds. The molecule has 1 aliphatic rings. The van der Waals surface area contributed by atoms with Crippen molar-refractivity contribution in [3.63, 3.8) is 0 Å². The summed E-state index contributed by atoms with van der Waals surface area (Å²) in [5.41, 5.74) is -4.13. The Balaban J connectivity index is 3.08. The molecule has 0 radical (unpaired) electrons. The molecular formula is C21H28O9. The minimum absolute atomic E-state index is 0.147. The highest BCUT2D eigenvalue weighted by atomic mass is 16.5. The van der Waals surface area contributed by atoms with Crippen LogP contribution in [0.25, 0.3) is 0 Å². The molecule has 0 aromatic carbocycles. The maximum Gasteiger partial charge on any atom is 0.328 e. The molecule has 0 heterocycles. The van der Waals surface area contributed by atoms with Crippen molar-refractivity contribution in [3.05, 3.63) is 35.5 Å². The lowest BCUT2D eigenvalue weighted by Crippen LogP contribution is -2.52. The van der Waals surface area contributed by atoms with Gasteiger partial charge in [-0.15, -0.1) is 0 Å². The number of carboxylic acids is 2. The van der Waals surface area contributed by atoms with Crippen molar-refractivity contribution >= 4 is 23.7 Å². The van der Waals surface area contributed by atoms with Crippen LogP contribution in [-0.4, -0.2) is 61.9 Å². The first-order valence-corrected chi connectivity index (χ1v) is 9.24. The summed E-state index contributed by atoms with van der Waals surface area (Å²) in [6.07, 6.45) is 3.62. The van der Waals surface area contributed by atoms with Crippen molar-refractivity contribution in [2.45, 2.75) is 58.2 Å². The van der Waals surface area contributed by atoms with Crippen molar-refractivity contribution in [2.24, 2.45) is 5.41 Å². The molecule has 30 heavy (non-hydrogen) atoms. The number of allylic oxidation sites excluding steroid dienone is 3. The highest BCUT2D eigenvalue weighted by molar-refractivity contribution is 5.93. The van der Waals surface area contributed by atoms with E-state index in [4.69, 9.17) is 14.9 Å². The van der Waals surface area contributed by atoms with Crippen molar-refractivity contribution in [3.8, 4) is 0 Å². The van der Waals surface area contributed by atoms with Crippen molar-refractivity contribution in [2.75, 3.05) is 6.61 Å². The van der Waals surface area contributed by atoms with Crippen LogP contribution < -0.4 is 0 Å². The van der Waals surface area contributed by atoms with Gasteiger partial charge in [0.15, 0.2) is 5.78 Å². The van der Waals surface area contributed by atoms with Gasteiger partial charge < -0.3 is 25.2 Å². The number of aliphatic hydroxyl groups is 2. The zero-order valence-corrected chi connectivity index (χ0v) is 17.5. The van der Waals surface area contributed by atoms with Crippen LogP contribution in [0.4, 0.5) is 0 Å². The largest absolute Gasteiger partial charge is 0.481 e. The number of aliphatic carboxylic acids is 2. The molecule has 3 atom stereocenters. The number of carbonyl (C=O) groups excluding carboxylic acids is 2. The third-order valence-electron chi connectivity index (χ3n) is 5.01. The molecule has 0 spiro atoms. The van der Waals surface area contributed by atoms with Crippen molar-refractivity contribution in [1.82, 2.24) is 0 Å². The lowest BCUT2D eigenvalue weighted by atomic mass is 9.63. The number of rotatable bonds is 9. The average Bonchev–Trinajstić information content (AvgIpc) is 2.54. The average molecular weight is 424 g/mol. The molecule has 4 N–H and O–H groups in total. The van der Waals surface area contributed by atoms with E-state index in [1.807, 2.05) is 0 Å². The minimum Gasteiger partial charge on any atom is -0.481 e. The Morgan fingerprint density at radius 2 is 1.87 bits per heavy atom. The number of carboxylic acid groups (broad SMARTS) is 2. The van der Waals surface area contributed by atoms with Gasteiger partial charge in [0.25, 0.3) is 0 Å². The second kappa shape index (κ2) is 9.36. The second-order valence-electron chi connectivity index (χ2n) is 8.26. The van der Waals surface area contributed by atoms with Crippen LogP contribution in [0.3, 0.4) is 0 Å². The van der Waals surface area contributed by atoms with E-state index in [1.54, 1.807) is 6.92 Å². The number of hydrogen-bond donors (Lipinski definition) is 4. The molecule has 1 aliphatic carbocycles. The predicted octanol–water partition coefficient (Wildman–Crippen LogP) is 1.39. The SMILES string of the molecule is CC(C=CC1(O)C(C)=CC(=O)CC1(C)COC(=O)CC(C)(O)CC(=O)O)=CC(=O)O. The van der Waals surface area contributed by atoms with E-state index in [1.165, 1.54) is 39.0 Å². The second-order valence-corrected chi connectivity index (χ2v) is 8.26. The monoisotopic (exact) mass is 424 g/mol. The Bertz CT molecular complexity index is 818. The maximum absolute atomic E-state index is 12.1. The molecule has 0 saturated carbocycles. The summed E-state index contributed by atoms with van der Waals surface area (Å²) in [4.78, 5) is 45.8. The molecule has 3 unspecified atom stereocenters. The van der Waals surface area contributed by atoms with E-state index in [2.05, 4.69) is 0 Å². The van der Waals surface area contributed by atoms with E-state index in [-0.39, 0.29) is 18.8 Å². The predicted molar refractivity (Wildman–Crippen MR) is 105 cm³/mol. The van der Waals surface area contributed by atoms with E-state index in [0.717, 1.165) is 6.08 Å². The number of ketones is 1. The Morgan fingerprint density at radius 3 is 2.40 bits per heavy atom. The highest BCUT2D eigenvalue weighted by Gasteiger charge is 2.51. The van der Waals surface area contributed by atoms with E-state index in [0.29, 0.717) is 11.1 Å². The Hall–Kier alpha value is -2.78. The normalized spacial score (nSPS) is 26.8. The van der Waals surface area contributed by atoms with E-state index >= 15 is 0 Å². The zero-order chi connectivity index (χ0) is 23.3. The van der Waals surface area contributed by atoms with Gasteiger partial charge in [0.2, 0.25) is 0 Å². The molecule has 9 nitrogen and oxygen atoms in total. The fourth-order valence-electron chi connectivity index (χ4n) is 3.38. The standard InChI is InChI=1S/C21H28O9/c1-13(7-16(23)24)5-6-21(29)14(2)8-15(22)9-19(21,3)12-30-18(27)11-20(4,28)10-17(25)26/h5-8,28-29H,9-12H2,1-4H3,(H,23,24)(H,25,26). The Morgan fingerprint density at radius 1 is 1.27 bits per heavy atom. The van der Waals surface area contributed by atoms with E-state index in [9.17, 15) is 29.4 Å². The molecule has 0 fully saturated rings. The maximum atomic E-state index is 12.1. The number of ether oxygens (including phenoxy) is 1. The summed E-state index contributed by atoms with van der Waals surface area (Å²) in [5, 5.41) is 38.9. The molecule has 0 aromatic heterocycles. The summed E-state index contributed by atoms with van der Waals surface area (Å²) in [6.45, 7) is 5.43. The quantitative estimate of drug-likeness (QED) is 0.244. The van der Waals surface area contributed by atoms with Gasteiger partial charge in [-0.3, -0.25) is 14.4 Å². The smallest absolute Gasteiger partial charge is 0.328 e. The Kier molecular flexibility index (Phi) is 7.88. The summed E-state index contributed by atoms with van der Waals surface area (Å²) < 4.78 is 5.19. The number of carbonyl (C=O) groups is 4. The van der Waals surface area contributed by atoms with Crippen LogP contribution in [-0.2, 0) is 23.9 Å². The fraction of sp³-hybridized carbons (Fsp3) is 0.524. The lowest BCUT2D eigenvalue weighted by Gasteiger charge is -2.45. The summed E-state index contributed by atoms with van der Waals surface area (Å²) >= 11 is 0. The van der Waals surface area contributed by atoms with Crippen LogP contribution in [0, 0.1) is 5.41 Å². The Labute approximate surface area is 174 Å². The van der Waals surface area contributed by atoms with Crippen LogP contribution in [0.2, 0.25) is 0 Å². The van der Waals surface area contributed by atoms with Gasteiger partial charge in [0.1, 0.15) is 12.2 Å².